The van der Waals surface area contributed by atoms with Gasteiger partial charge in [-0.2, -0.15) is 0 Å². The second kappa shape index (κ2) is 7.73. The van der Waals surface area contributed by atoms with Gasteiger partial charge < -0.3 is 0 Å². The summed E-state index contributed by atoms with van der Waals surface area (Å²) >= 11 is 0. The Hall–Kier alpha value is -2.41. The average molecular weight is 303 g/mol. The Morgan fingerprint density at radius 2 is 1.74 bits per heavy atom. The first-order valence-electron chi connectivity index (χ1n) is 7.98. The van der Waals surface area contributed by atoms with Gasteiger partial charge in [0.1, 0.15) is 0 Å². The van der Waals surface area contributed by atoms with Crippen LogP contribution >= 0.6 is 0 Å². The number of allylic oxidation sites excluding steroid dienone is 2. The minimum absolute atomic E-state index is 0.873. The lowest BCUT2D eigenvalue weighted by Crippen LogP contribution is -1.97. The summed E-state index contributed by atoms with van der Waals surface area (Å²) < 4.78 is 0. The van der Waals surface area contributed by atoms with Crippen molar-refractivity contribution in [2.75, 3.05) is 0 Å². The van der Waals surface area contributed by atoms with E-state index in [0.717, 1.165) is 23.4 Å². The number of aliphatic imine (C=N–C) groups is 1. The zero-order chi connectivity index (χ0) is 16.8. The van der Waals surface area contributed by atoms with Crippen LogP contribution < -0.4 is 0 Å². The van der Waals surface area contributed by atoms with Gasteiger partial charge in [0.05, 0.1) is 5.69 Å². The molecule has 2 aromatic rings. The van der Waals surface area contributed by atoms with Gasteiger partial charge >= 0.3 is 0 Å². The summed E-state index contributed by atoms with van der Waals surface area (Å²) in [6, 6.07) is 15.0. The Labute approximate surface area is 140 Å². The second-order valence-electron chi connectivity index (χ2n) is 6.24. The molecule has 0 spiro atoms. The van der Waals surface area contributed by atoms with Gasteiger partial charge in [0, 0.05) is 12.1 Å². The minimum atomic E-state index is 0.873. The molecule has 0 amide bonds. The van der Waals surface area contributed by atoms with E-state index in [-0.39, 0.29) is 0 Å². The Balaban J connectivity index is 2.09. The summed E-state index contributed by atoms with van der Waals surface area (Å²) in [4.78, 5) is 4.77. The lowest BCUT2D eigenvalue weighted by Gasteiger charge is -2.05. The number of hydrogen-bond donors (Lipinski definition) is 0. The molecule has 0 aromatic heterocycles. The molecule has 23 heavy (non-hydrogen) atoms. The van der Waals surface area contributed by atoms with Crippen molar-refractivity contribution < 1.29 is 0 Å². The first-order valence-corrected chi connectivity index (χ1v) is 7.98. The van der Waals surface area contributed by atoms with Gasteiger partial charge in [-0.1, -0.05) is 66.3 Å². The fraction of sp³-hybridized carbons (Fsp3) is 0.227. The van der Waals surface area contributed by atoms with E-state index in [0.29, 0.717) is 0 Å². The molecule has 0 unspecified atom stereocenters. The zero-order valence-electron chi connectivity index (χ0n) is 14.6. The van der Waals surface area contributed by atoms with Gasteiger partial charge in [-0.05, 0) is 50.5 Å². The van der Waals surface area contributed by atoms with E-state index in [1.54, 1.807) is 0 Å². The van der Waals surface area contributed by atoms with E-state index in [2.05, 4.69) is 75.9 Å². The van der Waals surface area contributed by atoms with Crippen molar-refractivity contribution in [1.82, 2.24) is 0 Å². The fourth-order valence-electron chi connectivity index (χ4n) is 2.46. The first kappa shape index (κ1) is 17.0. The quantitative estimate of drug-likeness (QED) is 0.459. The third-order valence-corrected chi connectivity index (χ3v) is 3.66. The maximum atomic E-state index is 4.77. The molecule has 0 atom stereocenters. The Kier molecular flexibility index (Phi) is 5.70. The molecule has 0 aliphatic heterocycles. The van der Waals surface area contributed by atoms with Gasteiger partial charge in [0.2, 0.25) is 0 Å². The number of hydrogen-bond acceptors (Lipinski definition) is 1. The number of rotatable bonds is 5. The predicted octanol–water partition coefficient (Wildman–Crippen LogP) is 6.23. The summed E-state index contributed by atoms with van der Waals surface area (Å²) in [7, 11) is 0. The molecule has 1 nitrogen and oxygen atoms in total. The summed E-state index contributed by atoms with van der Waals surface area (Å²) in [5.41, 5.74) is 8.23. The SMILES string of the molecule is C=C(C)/C=C/c1ccc(C/C(C)=N/c2ccc(C)cc2C)cc1. The van der Waals surface area contributed by atoms with Crippen LogP contribution in [0.4, 0.5) is 5.69 Å². The molecule has 0 saturated carbocycles. The van der Waals surface area contributed by atoms with Crippen molar-refractivity contribution >= 4 is 17.5 Å². The maximum Gasteiger partial charge on any atom is 0.0658 e. The zero-order valence-corrected chi connectivity index (χ0v) is 14.6. The van der Waals surface area contributed by atoms with Crippen molar-refractivity contribution in [3.8, 4) is 0 Å². The van der Waals surface area contributed by atoms with Crippen LogP contribution in [0.2, 0.25) is 0 Å². The van der Waals surface area contributed by atoms with Crippen molar-refractivity contribution in [3.05, 3.63) is 82.9 Å². The highest BCUT2D eigenvalue weighted by molar-refractivity contribution is 5.87. The lowest BCUT2D eigenvalue weighted by atomic mass is 10.1. The van der Waals surface area contributed by atoms with E-state index in [9.17, 15) is 0 Å². The van der Waals surface area contributed by atoms with Gasteiger partial charge in [-0.25, -0.2) is 0 Å². The normalized spacial score (nSPS) is 11.9. The molecule has 0 aliphatic carbocycles. The highest BCUT2D eigenvalue weighted by atomic mass is 14.7. The third-order valence-electron chi connectivity index (χ3n) is 3.66. The van der Waals surface area contributed by atoms with Gasteiger partial charge in [0.25, 0.3) is 0 Å². The summed E-state index contributed by atoms with van der Waals surface area (Å²) in [5, 5.41) is 0. The Morgan fingerprint density at radius 3 is 2.35 bits per heavy atom. The van der Waals surface area contributed by atoms with E-state index in [4.69, 9.17) is 4.99 Å². The molecule has 0 radical (unpaired) electrons. The summed E-state index contributed by atoms with van der Waals surface area (Å²) in [6.45, 7) is 12.2. The summed E-state index contributed by atoms with van der Waals surface area (Å²) in [6.07, 6.45) is 4.99. The van der Waals surface area contributed by atoms with Crippen molar-refractivity contribution in [2.45, 2.75) is 34.1 Å². The third kappa shape index (κ3) is 5.37. The van der Waals surface area contributed by atoms with Crippen molar-refractivity contribution in [1.29, 1.82) is 0 Å². The van der Waals surface area contributed by atoms with Crippen molar-refractivity contribution in [3.63, 3.8) is 0 Å². The van der Waals surface area contributed by atoms with Crippen LogP contribution in [0.5, 0.6) is 0 Å². The Bertz CT molecular complexity index is 746. The van der Waals surface area contributed by atoms with Crippen LogP contribution in [-0.4, -0.2) is 5.71 Å². The number of aryl methyl sites for hydroxylation is 2. The van der Waals surface area contributed by atoms with E-state index >= 15 is 0 Å². The molecule has 1 heteroatoms. The Morgan fingerprint density at radius 1 is 1.04 bits per heavy atom. The van der Waals surface area contributed by atoms with Crippen LogP contribution in [0.1, 0.15) is 36.1 Å². The summed E-state index contributed by atoms with van der Waals surface area (Å²) in [5.74, 6) is 0. The number of nitrogens with zero attached hydrogens (tertiary/aromatic N) is 1. The highest BCUT2D eigenvalue weighted by Gasteiger charge is 2.00. The molecular formula is C22H25N. The molecular weight excluding hydrogens is 278 g/mol. The first-order chi connectivity index (χ1) is 10.9. The molecule has 0 saturated heterocycles. The lowest BCUT2D eigenvalue weighted by molar-refractivity contribution is 1.27. The standard InChI is InChI=1S/C22H25N/c1-16(2)6-8-20-9-11-21(12-10-20)15-19(5)23-22-13-7-17(3)14-18(22)4/h6-14H,1,15H2,2-5H3/b8-6+,23-19+. The van der Waals surface area contributed by atoms with Gasteiger partial charge in [0.15, 0.2) is 0 Å². The molecule has 0 aliphatic rings. The second-order valence-corrected chi connectivity index (χ2v) is 6.24. The molecule has 2 aromatic carbocycles. The molecule has 0 bridgehead atoms. The fourth-order valence-corrected chi connectivity index (χ4v) is 2.46. The number of benzene rings is 2. The van der Waals surface area contributed by atoms with Crippen LogP contribution in [0, 0.1) is 13.8 Å². The van der Waals surface area contributed by atoms with Crippen LogP contribution in [0.25, 0.3) is 6.08 Å². The van der Waals surface area contributed by atoms with Crippen LogP contribution in [-0.2, 0) is 6.42 Å². The van der Waals surface area contributed by atoms with Crippen molar-refractivity contribution in [2.24, 2.45) is 4.99 Å². The van der Waals surface area contributed by atoms with E-state index in [1.165, 1.54) is 22.3 Å². The van der Waals surface area contributed by atoms with Gasteiger partial charge in [-0.3, -0.25) is 4.99 Å². The van der Waals surface area contributed by atoms with Crippen LogP contribution in [0.15, 0.2) is 65.7 Å². The van der Waals surface area contributed by atoms with Crippen LogP contribution in [0.3, 0.4) is 0 Å². The largest absolute Gasteiger partial charge is 0.258 e. The molecule has 118 valence electrons. The molecule has 2 rings (SSSR count). The maximum absolute atomic E-state index is 4.77. The smallest absolute Gasteiger partial charge is 0.0658 e. The highest BCUT2D eigenvalue weighted by Crippen LogP contribution is 2.20. The average Bonchev–Trinajstić information content (AvgIpc) is 2.49. The van der Waals surface area contributed by atoms with Gasteiger partial charge in [-0.15, -0.1) is 0 Å². The minimum Gasteiger partial charge on any atom is -0.258 e. The monoisotopic (exact) mass is 303 g/mol. The molecule has 0 fully saturated rings. The van der Waals surface area contributed by atoms with E-state index in [1.807, 2.05) is 13.0 Å². The predicted molar refractivity (Wildman–Crippen MR) is 103 cm³/mol. The molecule has 0 heterocycles. The molecule has 0 N–H and O–H groups in total. The topological polar surface area (TPSA) is 12.4 Å². The van der Waals surface area contributed by atoms with E-state index < -0.39 is 0 Å².